The maximum Gasteiger partial charge on any atom is 0.0732 e. The van der Waals surface area contributed by atoms with Crippen LogP contribution in [-0.4, -0.2) is 22.4 Å². The van der Waals surface area contributed by atoms with Crippen molar-refractivity contribution in [3.05, 3.63) is 58.9 Å². The predicted molar refractivity (Wildman–Crippen MR) is 90.8 cm³/mol. The highest BCUT2D eigenvalue weighted by atomic mass is 16.4. The van der Waals surface area contributed by atoms with Gasteiger partial charge in [0.2, 0.25) is 0 Å². The Kier molecular flexibility index (Phi) is 5.15. The van der Waals surface area contributed by atoms with Gasteiger partial charge in [0.05, 0.1) is 24.5 Å². The van der Waals surface area contributed by atoms with Gasteiger partial charge in [-0.25, -0.2) is 0 Å². The Balaban J connectivity index is 2.40. The molecule has 0 radical (unpaired) electrons. The summed E-state index contributed by atoms with van der Waals surface area (Å²) in [6.07, 6.45) is 1.80. The molecular formula is C18H23N3O. The molecule has 0 saturated carbocycles. The first-order chi connectivity index (χ1) is 10.5. The molecule has 0 amide bonds. The molecule has 4 heteroatoms. The molecular weight excluding hydrogens is 274 g/mol. The third-order valence-corrected chi connectivity index (χ3v) is 3.62. The summed E-state index contributed by atoms with van der Waals surface area (Å²) in [6.45, 7) is 9.41. The molecule has 0 unspecified atom stereocenters. The quantitative estimate of drug-likeness (QED) is 0.518. The molecule has 2 rings (SSSR count). The van der Waals surface area contributed by atoms with Gasteiger partial charge < -0.3 is 10.1 Å². The molecule has 4 nitrogen and oxygen atoms in total. The van der Waals surface area contributed by atoms with Crippen molar-refractivity contribution in [3.63, 3.8) is 0 Å². The third kappa shape index (κ3) is 3.85. The maximum absolute atomic E-state index is 9.03. The van der Waals surface area contributed by atoms with Gasteiger partial charge in [-0.2, -0.15) is 0 Å². The number of pyridine rings is 1. The monoisotopic (exact) mass is 297 g/mol. The van der Waals surface area contributed by atoms with Crippen LogP contribution in [0, 0.1) is 20.8 Å². The highest BCUT2D eigenvalue weighted by molar-refractivity contribution is 5.86. The molecule has 0 aliphatic rings. The first-order valence-corrected chi connectivity index (χ1v) is 7.41. The first-order valence-electron chi connectivity index (χ1n) is 7.41. The molecule has 0 aliphatic carbocycles. The van der Waals surface area contributed by atoms with Crippen molar-refractivity contribution in [1.29, 1.82) is 0 Å². The summed E-state index contributed by atoms with van der Waals surface area (Å²) in [7, 11) is 0. The second-order valence-corrected chi connectivity index (χ2v) is 5.76. The van der Waals surface area contributed by atoms with Crippen LogP contribution in [-0.2, 0) is 6.54 Å². The number of benzene rings is 1. The van der Waals surface area contributed by atoms with Crippen molar-refractivity contribution in [2.75, 3.05) is 11.4 Å². The van der Waals surface area contributed by atoms with Gasteiger partial charge in [-0.1, -0.05) is 28.9 Å². The Morgan fingerprint density at radius 2 is 1.86 bits per heavy atom. The van der Waals surface area contributed by atoms with Gasteiger partial charge >= 0.3 is 0 Å². The van der Waals surface area contributed by atoms with Crippen LogP contribution in [0.25, 0.3) is 0 Å². The van der Waals surface area contributed by atoms with Crippen LogP contribution >= 0.6 is 0 Å². The van der Waals surface area contributed by atoms with Crippen LogP contribution in [0.2, 0.25) is 0 Å². The zero-order chi connectivity index (χ0) is 16.1. The lowest BCUT2D eigenvalue weighted by Gasteiger charge is -2.28. The summed E-state index contributed by atoms with van der Waals surface area (Å²) in [4.78, 5) is 6.62. The normalized spacial score (nSPS) is 11.5. The van der Waals surface area contributed by atoms with Crippen LogP contribution in [0.5, 0.6) is 0 Å². The zero-order valence-electron chi connectivity index (χ0n) is 13.7. The number of oxime groups is 1. The fraction of sp³-hybridized carbons (Fsp3) is 0.333. The Morgan fingerprint density at radius 1 is 1.18 bits per heavy atom. The number of aryl methyl sites for hydroxylation is 3. The first kappa shape index (κ1) is 16.0. The van der Waals surface area contributed by atoms with E-state index < -0.39 is 0 Å². The average Bonchev–Trinajstić information content (AvgIpc) is 2.47. The molecule has 0 spiro atoms. The van der Waals surface area contributed by atoms with E-state index in [1.165, 1.54) is 22.4 Å². The standard InChI is InChI=1S/C18H23N3O/c1-13-9-14(2)18(15(3)10-13)21(11-16(4)20-22)12-17-7-5-6-8-19-17/h5-10,22H,11-12H2,1-4H3/b20-16+. The van der Waals surface area contributed by atoms with Crippen molar-refractivity contribution < 1.29 is 5.21 Å². The lowest BCUT2D eigenvalue weighted by Crippen LogP contribution is -2.30. The van der Waals surface area contributed by atoms with Crippen molar-refractivity contribution >= 4 is 11.4 Å². The lowest BCUT2D eigenvalue weighted by atomic mass is 10.0. The highest BCUT2D eigenvalue weighted by Gasteiger charge is 2.15. The number of hydrogen-bond donors (Lipinski definition) is 1. The van der Waals surface area contributed by atoms with E-state index in [9.17, 15) is 0 Å². The molecule has 22 heavy (non-hydrogen) atoms. The number of nitrogens with zero attached hydrogens (tertiary/aromatic N) is 3. The second-order valence-electron chi connectivity index (χ2n) is 5.76. The van der Waals surface area contributed by atoms with Gasteiger partial charge in [-0.05, 0) is 51.0 Å². The van der Waals surface area contributed by atoms with E-state index in [-0.39, 0.29) is 0 Å². The SMILES string of the molecule is C/C(CN(Cc1ccccn1)c1c(C)cc(C)cc1C)=N\O. The molecule has 0 saturated heterocycles. The molecule has 116 valence electrons. The Labute approximate surface area is 132 Å². The predicted octanol–water partition coefficient (Wildman–Crippen LogP) is 3.86. The van der Waals surface area contributed by atoms with Crippen LogP contribution in [0.15, 0.2) is 41.7 Å². The number of rotatable bonds is 5. The molecule has 0 atom stereocenters. The zero-order valence-corrected chi connectivity index (χ0v) is 13.7. The average molecular weight is 297 g/mol. The summed E-state index contributed by atoms with van der Waals surface area (Å²) in [5.74, 6) is 0. The molecule has 1 aromatic carbocycles. The van der Waals surface area contributed by atoms with Crippen LogP contribution in [0.1, 0.15) is 29.3 Å². The van der Waals surface area contributed by atoms with E-state index in [1.807, 2.05) is 25.1 Å². The molecule has 0 fully saturated rings. The van der Waals surface area contributed by atoms with Gasteiger partial charge in [-0.15, -0.1) is 0 Å². The Hall–Kier alpha value is -2.36. The van der Waals surface area contributed by atoms with Gasteiger partial charge in [0.25, 0.3) is 0 Å². The summed E-state index contributed by atoms with van der Waals surface area (Å²) in [6, 6.07) is 10.3. The van der Waals surface area contributed by atoms with Crippen molar-refractivity contribution in [1.82, 2.24) is 4.98 Å². The van der Waals surface area contributed by atoms with E-state index in [2.05, 4.69) is 47.9 Å². The van der Waals surface area contributed by atoms with E-state index in [1.54, 1.807) is 6.20 Å². The number of anilines is 1. The fourth-order valence-electron chi connectivity index (χ4n) is 2.88. The smallest absolute Gasteiger partial charge is 0.0732 e. The summed E-state index contributed by atoms with van der Waals surface area (Å²) < 4.78 is 0. The molecule has 0 bridgehead atoms. The minimum absolute atomic E-state index is 0.567. The number of hydrogen-bond acceptors (Lipinski definition) is 4. The van der Waals surface area contributed by atoms with Gasteiger partial charge in [0.1, 0.15) is 0 Å². The number of aromatic nitrogens is 1. The molecule has 0 aliphatic heterocycles. The van der Waals surface area contributed by atoms with E-state index >= 15 is 0 Å². The minimum Gasteiger partial charge on any atom is -0.411 e. The second kappa shape index (κ2) is 7.07. The van der Waals surface area contributed by atoms with Gasteiger partial charge in [-0.3, -0.25) is 4.98 Å². The largest absolute Gasteiger partial charge is 0.411 e. The van der Waals surface area contributed by atoms with E-state index in [0.29, 0.717) is 18.8 Å². The summed E-state index contributed by atoms with van der Waals surface area (Å²) in [5, 5.41) is 12.4. The summed E-state index contributed by atoms with van der Waals surface area (Å²) >= 11 is 0. The fourth-order valence-corrected chi connectivity index (χ4v) is 2.88. The van der Waals surface area contributed by atoms with Crippen molar-refractivity contribution in [3.8, 4) is 0 Å². The molecule has 1 aromatic heterocycles. The van der Waals surface area contributed by atoms with Crippen molar-refractivity contribution in [2.24, 2.45) is 5.16 Å². The lowest BCUT2D eigenvalue weighted by molar-refractivity contribution is 0.318. The van der Waals surface area contributed by atoms with Crippen LogP contribution in [0.3, 0.4) is 0 Å². The molecule has 2 aromatic rings. The van der Waals surface area contributed by atoms with Crippen molar-refractivity contribution in [2.45, 2.75) is 34.2 Å². The van der Waals surface area contributed by atoms with E-state index in [4.69, 9.17) is 5.21 Å². The van der Waals surface area contributed by atoms with E-state index in [0.717, 1.165) is 5.69 Å². The van der Waals surface area contributed by atoms with Crippen LogP contribution < -0.4 is 4.90 Å². The maximum atomic E-state index is 9.03. The molecule has 1 heterocycles. The Bertz CT molecular complexity index is 642. The van der Waals surface area contributed by atoms with Gasteiger partial charge in [0.15, 0.2) is 0 Å². The summed E-state index contributed by atoms with van der Waals surface area (Å²) in [5.41, 5.74) is 6.55. The molecule has 1 N–H and O–H groups in total. The topological polar surface area (TPSA) is 48.7 Å². The minimum atomic E-state index is 0.567. The van der Waals surface area contributed by atoms with Gasteiger partial charge in [0, 0.05) is 11.9 Å². The third-order valence-electron chi connectivity index (χ3n) is 3.62. The van der Waals surface area contributed by atoms with Crippen LogP contribution in [0.4, 0.5) is 5.69 Å². The highest BCUT2D eigenvalue weighted by Crippen LogP contribution is 2.27. The Morgan fingerprint density at radius 3 is 2.41 bits per heavy atom.